The largest absolute Gasteiger partial charge is 0.389 e. The predicted octanol–water partition coefficient (Wildman–Crippen LogP) is 3.14. The Bertz CT molecular complexity index is 607. The zero-order valence-corrected chi connectivity index (χ0v) is 11.3. The van der Waals surface area contributed by atoms with Crippen molar-refractivity contribution in [3.63, 3.8) is 0 Å². The van der Waals surface area contributed by atoms with Crippen LogP contribution in [0.15, 0.2) is 36.5 Å². The molecule has 0 amide bonds. The topological polar surface area (TPSA) is 36.4 Å². The van der Waals surface area contributed by atoms with Crippen LogP contribution in [0.2, 0.25) is 0 Å². The highest BCUT2D eigenvalue weighted by atomic mass is 16.3. The van der Waals surface area contributed by atoms with Gasteiger partial charge in [-0.3, -0.25) is 0 Å². The Balaban J connectivity index is 1.99. The molecule has 0 fully saturated rings. The van der Waals surface area contributed by atoms with Gasteiger partial charge in [-0.25, -0.2) is 4.98 Å². The number of rotatable bonds is 2. The fourth-order valence-corrected chi connectivity index (χ4v) is 2.71. The van der Waals surface area contributed by atoms with Gasteiger partial charge in [-0.1, -0.05) is 18.2 Å². The van der Waals surface area contributed by atoms with Crippen LogP contribution in [0.25, 0.3) is 0 Å². The maximum atomic E-state index is 9.66. The number of para-hydroxylation sites is 1. The van der Waals surface area contributed by atoms with Gasteiger partial charge in [0.25, 0.3) is 0 Å². The highest BCUT2D eigenvalue weighted by molar-refractivity contribution is 5.67. The standard InChI is InChI=1S/C16H18N2O/c1-11-9-16(17-10-14(11)12(2)19)18-8-7-13-5-3-4-6-15(13)18/h3-6,9-10,12,19H,7-8H2,1-2H3/t12-/m0/s1. The van der Waals surface area contributed by atoms with Crippen molar-refractivity contribution in [3.05, 3.63) is 53.2 Å². The van der Waals surface area contributed by atoms with Crippen LogP contribution in [0.1, 0.15) is 29.7 Å². The smallest absolute Gasteiger partial charge is 0.133 e. The van der Waals surface area contributed by atoms with Crippen LogP contribution in [0.5, 0.6) is 0 Å². The lowest BCUT2D eigenvalue weighted by Crippen LogP contribution is -2.15. The average molecular weight is 254 g/mol. The van der Waals surface area contributed by atoms with Gasteiger partial charge in [0.2, 0.25) is 0 Å². The van der Waals surface area contributed by atoms with Crippen LogP contribution in [0.4, 0.5) is 11.5 Å². The highest BCUT2D eigenvalue weighted by Crippen LogP contribution is 2.34. The fraction of sp³-hybridized carbons (Fsp3) is 0.312. The van der Waals surface area contributed by atoms with E-state index >= 15 is 0 Å². The van der Waals surface area contributed by atoms with Gasteiger partial charge in [0.05, 0.1) is 6.10 Å². The summed E-state index contributed by atoms with van der Waals surface area (Å²) in [6.07, 6.45) is 2.39. The van der Waals surface area contributed by atoms with Gasteiger partial charge >= 0.3 is 0 Å². The van der Waals surface area contributed by atoms with Crippen molar-refractivity contribution in [2.75, 3.05) is 11.4 Å². The van der Waals surface area contributed by atoms with Gasteiger partial charge < -0.3 is 10.0 Å². The van der Waals surface area contributed by atoms with E-state index in [1.54, 1.807) is 13.1 Å². The van der Waals surface area contributed by atoms with Crippen LogP contribution in [0, 0.1) is 6.92 Å². The third-order valence-electron chi connectivity index (χ3n) is 3.75. The number of aromatic nitrogens is 1. The summed E-state index contributed by atoms with van der Waals surface area (Å²) in [5, 5.41) is 9.66. The Labute approximate surface area is 113 Å². The van der Waals surface area contributed by atoms with Crippen molar-refractivity contribution in [2.24, 2.45) is 0 Å². The molecule has 1 aromatic carbocycles. The molecule has 1 aromatic heterocycles. The van der Waals surface area contributed by atoms with E-state index in [4.69, 9.17) is 0 Å². The number of hydrogen-bond acceptors (Lipinski definition) is 3. The molecule has 1 aliphatic heterocycles. The molecule has 1 N–H and O–H groups in total. The van der Waals surface area contributed by atoms with E-state index in [0.717, 1.165) is 29.9 Å². The molecular formula is C16H18N2O. The van der Waals surface area contributed by atoms with Crippen LogP contribution >= 0.6 is 0 Å². The lowest BCUT2D eigenvalue weighted by molar-refractivity contribution is 0.198. The second-order valence-electron chi connectivity index (χ2n) is 5.11. The summed E-state index contributed by atoms with van der Waals surface area (Å²) >= 11 is 0. The molecular weight excluding hydrogens is 236 g/mol. The number of hydrogen-bond donors (Lipinski definition) is 1. The summed E-state index contributed by atoms with van der Waals surface area (Å²) in [7, 11) is 0. The van der Waals surface area contributed by atoms with Crippen LogP contribution in [-0.2, 0) is 6.42 Å². The average Bonchev–Trinajstić information content (AvgIpc) is 2.82. The van der Waals surface area contributed by atoms with Gasteiger partial charge in [-0.05, 0) is 43.5 Å². The van der Waals surface area contributed by atoms with E-state index in [2.05, 4.69) is 40.2 Å². The molecule has 0 saturated carbocycles. The van der Waals surface area contributed by atoms with Crippen molar-refractivity contribution < 1.29 is 5.11 Å². The summed E-state index contributed by atoms with van der Waals surface area (Å²) < 4.78 is 0. The van der Waals surface area contributed by atoms with Crippen molar-refractivity contribution >= 4 is 11.5 Å². The monoisotopic (exact) mass is 254 g/mol. The third-order valence-corrected chi connectivity index (χ3v) is 3.75. The van der Waals surface area contributed by atoms with Crippen LogP contribution < -0.4 is 4.90 Å². The summed E-state index contributed by atoms with van der Waals surface area (Å²) in [5.41, 5.74) is 4.61. The first kappa shape index (κ1) is 12.2. The second kappa shape index (κ2) is 4.67. The first-order chi connectivity index (χ1) is 9.16. The van der Waals surface area contributed by atoms with E-state index in [1.807, 2.05) is 6.92 Å². The van der Waals surface area contributed by atoms with Gasteiger partial charge in [0.1, 0.15) is 5.82 Å². The Morgan fingerprint density at radius 3 is 2.84 bits per heavy atom. The van der Waals surface area contributed by atoms with Crippen molar-refractivity contribution in [3.8, 4) is 0 Å². The normalized spacial score (nSPS) is 15.4. The Hall–Kier alpha value is -1.87. The van der Waals surface area contributed by atoms with Gasteiger partial charge in [-0.2, -0.15) is 0 Å². The molecule has 1 aliphatic rings. The number of nitrogens with zero attached hydrogens (tertiary/aromatic N) is 2. The molecule has 2 aromatic rings. The Morgan fingerprint density at radius 2 is 2.11 bits per heavy atom. The van der Waals surface area contributed by atoms with E-state index in [1.165, 1.54) is 11.3 Å². The lowest BCUT2D eigenvalue weighted by Gasteiger charge is -2.20. The van der Waals surface area contributed by atoms with E-state index in [9.17, 15) is 5.11 Å². The number of aryl methyl sites for hydroxylation is 1. The van der Waals surface area contributed by atoms with Crippen LogP contribution in [-0.4, -0.2) is 16.6 Å². The SMILES string of the molecule is Cc1cc(N2CCc3ccccc32)ncc1[C@H](C)O. The van der Waals surface area contributed by atoms with Gasteiger partial charge in [0, 0.05) is 24.0 Å². The minimum absolute atomic E-state index is 0.465. The third kappa shape index (κ3) is 2.10. The summed E-state index contributed by atoms with van der Waals surface area (Å²) in [6.45, 7) is 4.77. The van der Waals surface area contributed by atoms with Crippen LogP contribution in [0.3, 0.4) is 0 Å². The molecule has 3 nitrogen and oxygen atoms in total. The summed E-state index contributed by atoms with van der Waals surface area (Å²) in [5.74, 6) is 0.965. The number of aliphatic hydroxyl groups is 1. The van der Waals surface area contributed by atoms with Gasteiger partial charge in [0.15, 0.2) is 0 Å². The zero-order valence-electron chi connectivity index (χ0n) is 11.3. The van der Waals surface area contributed by atoms with E-state index < -0.39 is 6.10 Å². The molecule has 1 atom stereocenters. The van der Waals surface area contributed by atoms with Crippen molar-refractivity contribution in [2.45, 2.75) is 26.4 Å². The molecule has 0 radical (unpaired) electrons. The first-order valence-corrected chi connectivity index (χ1v) is 6.67. The van der Waals surface area contributed by atoms with Crippen molar-refractivity contribution in [1.29, 1.82) is 0 Å². The predicted molar refractivity (Wildman–Crippen MR) is 76.8 cm³/mol. The number of pyridine rings is 1. The van der Waals surface area contributed by atoms with E-state index in [-0.39, 0.29) is 0 Å². The van der Waals surface area contributed by atoms with Crippen molar-refractivity contribution in [1.82, 2.24) is 4.98 Å². The summed E-state index contributed by atoms with van der Waals surface area (Å²) in [4.78, 5) is 6.75. The first-order valence-electron chi connectivity index (χ1n) is 6.67. The number of fused-ring (bicyclic) bond motifs is 1. The number of anilines is 2. The molecule has 0 saturated heterocycles. The maximum absolute atomic E-state index is 9.66. The molecule has 0 bridgehead atoms. The molecule has 0 spiro atoms. The molecule has 3 rings (SSSR count). The fourth-order valence-electron chi connectivity index (χ4n) is 2.71. The molecule has 0 aliphatic carbocycles. The molecule has 19 heavy (non-hydrogen) atoms. The zero-order chi connectivity index (χ0) is 13.4. The molecule has 2 heterocycles. The number of aliphatic hydroxyl groups excluding tert-OH is 1. The Kier molecular flexibility index (Phi) is 2.99. The maximum Gasteiger partial charge on any atom is 0.133 e. The minimum Gasteiger partial charge on any atom is -0.389 e. The number of benzene rings is 1. The second-order valence-corrected chi connectivity index (χ2v) is 5.11. The molecule has 3 heteroatoms. The van der Waals surface area contributed by atoms with E-state index in [0.29, 0.717) is 0 Å². The highest BCUT2D eigenvalue weighted by Gasteiger charge is 2.21. The molecule has 0 unspecified atom stereocenters. The Morgan fingerprint density at radius 1 is 1.32 bits per heavy atom. The molecule has 98 valence electrons. The summed E-state index contributed by atoms with van der Waals surface area (Å²) in [6, 6.07) is 10.5. The quantitative estimate of drug-likeness (QED) is 0.894. The minimum atomic E-state index is -0.465. The lowest BCUT2D eigenvalue weighted by atomic mass is 10.1. The van der Waals surface area contributed by atoms with Gasteiger partial charge in [-0.15, -0.1) is 0 Å².